The summed E-state index contributed by atoms with van der Waals surface area (Å²) in [5.74, 6) is -0.0632. The van der Waals surface area contributed by atoms with Crippen molar-refractivity contribution in [3.05, 3.63) is 0 Å². The molecule has 0 atom stereocenters. The van der Waals surface area contributed by atoms with E-state index in [1.807, 2.05) is 0 Å². The maximum atomic E-state index is 11.4. The molecule has 1 aromatic heterocycles. The minimum Gasteiger partial charge on any atom is -0.467 e. The van der Waals surface area contributed by atoms with Crippen molar-refractivity contribution in [1.29, 1.82) is 0 Å². The summed E-state index contributed by atoms with van der Waals surface area (Å²) in [5, 5.41) is -0.520. The summed E-state index contributed by atoms with van der Waals surface area (Å²) in [6.07, 6.45) is 0. The minimum atomic E-state index is -0.804. The van der Waals surface area contributed by atoms with Crippen molar-refractivity contribution in [2.24, 2.45) is 0 Å². The molecule has 0 aliphatic carbocycles. The predicted octanol–water partition coefficient (Wildman–Crippen LogP) is 0.585. The Bertz CT molecular complexity index is 479. The number of methoxy groups -OCH3 is 1. The van der Waals surface area contributed by atoms with Crippen LogP contribution in [-0.2, 0) is 9.59 Å². The molecule has 0 spiro atoms. The molecule has 0 aliphatic rings. The molecule has 0 aromatic carbocycles. The average Bonchev–Trinajstić information content (AvgIpc) is 2.34. The van der Waals surface area contributed by atoms with Crippen LogP contribution >= 0.6 is 11.8 Å². The maximum absolute atomic E-state index is 11.4. The molecule has 0 aliphatic heterocycles. The van der Waals surface area contributed by atoms with Gasteiger partial charge in [-0.15, -0.1) is 0 Å². The van der Waals surface area contributed by atoms with Crippen LogP contribution < -0.4 is 9.64 Å². The van der Waals surface area contributed by atoms with Crippen molar-refractivity contribution in [2.75, 3.05) is 26.1 Å². The van der Waals surface area contributed by atoms with Crippen LogP contribution in [0.25, 0.3) is 0 Å². The number of hydrogen-bond acceptors (Lipinski definition) is 8. The lowest BCUT2D eigenvalue weighted by Gasteiger charge is -2.13. The maximum Gasteiger partial charge on any atom is 0.321 e. The minimum absolute atomic E-state index is 0.145. The zero-order valence-corrected chi connectivity index (χ0v) is 12.3. The number of carbonyl (C=O) groups excluding carboxylic acids is 2. The third-order valence-electron chi connectivity index (χ3n) is 2.13. The first-order valence-electron chi connectivity index (χ1n) is 5.50. The topological polar surface area (TPSA) is 85.3 Å². The molecule has 7 nitrogen and oxygen atoms in total. The number of ether oxygens (including phenoxy) is 1. The van der Waals surface area contributed by atoms with Crippen molar-refractivity contribution in [1.82, 2.24) is 15.0 Å². The number of nitrogens with zero attached hydrogens (tertiary/aromatic N) is 4. The largest absolute Gasteiger partial charge is 0.467 e. The molecule has 0 fully saturated rings. The quantitative estimate of drug-likeness (QED) is 0.554. The lowest BCUT2D eigenvalue weighted by molar-refractivity contribution is -0.123. The fourth-order valence-corrected chi connectivity index (χ4v) is 2.04. The number of thioether (sulfide) groups is 1. The van der Waals surface area contributed by atoms with Gasteiger partial charge in [-0.25, -0.2) is 0 Å². The van der Waals surface area contributed by atoms with Gasteiger partial charge in [0.15, 0.2) is 16.7 Å². The zero-order chi connectivity index (χ0) is 14.6. The molecule has 1 rings (SSSR count). The molecule has 0 N–H and O–H groups in total. The SMILES string of the molecule is COc1nc(SC(C(C)=O)C(C)=O)nc(N(C)C)n1. The summed E-state index contributed by atoms with van der Waals surface area (Å²) in [4.78, 5) is 36.7. The molecule has 104 valence electrons. The van der Waals surface area contributed by atoms with Gasteiger partial charge in [0.25, 0.3) is 0 Å². The van der Waals surface area contributed by atoms with E-state index in [1.165, 1.54) is 21.0 Å². The fourth-order valence-electron chi connectivity index (χ4n) is 1.23. The third kappa shape index (κ3) is 4.16. The van der Waals surface area contributed by atoms with Crippen LogP contribution in [-0.4, -0.2) is 53.0 Å². The smallest absolute Gasteiger partial charge is 0.321 e. The predicted molar refractivity (Wildman–Crippen MR) is 71.7 cm³/mol. The van der Waals surface area contributed by atoms with E-state index < -0.39 is 5.25 Å². The number of Topliss-reactive ketones (excluding diaryl/α,β-unsaturated/α-hetero) is 2. The second-order valence-electron chi connectivity index (χ2n) is 4.02. The van der Waals surface area contributed by atoms with Gasteiger partial charge < -0.3 is 9.64 Å². The summed E-state index contributed by atoms with van der Waals surface area (Å²) in [6, 6.07) is 0.145. The van der Waals surface area contributed by atoms with E-state index >= 15 is 0 Å². The lowest BCUT2D eigenvalue weighted by Crippen LogP contribution is -2.23. The Kier molecular flexibility index (Phi) is 5.22. The second-order valence-corrected chi connectivity index (χ2v) is 5.09. The van der Waals surface area contributed by atoms with E-state index in [0.29, 0.717) is 5.95 Å². The van der Waals surface area contributed by atoms with Crippen molar-refractivity contribution < 1.29 is 14.3 Å². The van der Waals surface area contributed by atoms with Gasteiger partial charge in [0.1, 0.15) is 5.25 Å². The van der Waals surface area contributed by atoms with Crippen molar-refractivity contribution in [3.63, 3.8) is 0 Å². The monoisotopic (exact) mass is 284 g/mol. The Balaban J connectivity index is 3.08. The number of rotatable bonds is 6. The Morgan fingerprint density at radius 2 is 1.74 bits per heavy atom. The molecular weight excluding hydrogens is 268 g/mol. The molecule has 1 heterocycles. The first kappa shape index (κ1) is 15.4. The van der Waals surface area contributed by atoms with Crippen LogP contribution in [0.5, 0.6) is 6.01 Å². The number of ketones is 2. The highest BCUT2D eigenvalue weighted by Crippen LogP contribution is 2.24. The van der Waals surface area contributed by atoms with E-state index in [2.05, 4.69) is 15.0 Å². The van der Waals surface area contributed by atoms with Crippen LogP contribution in [0.1, 0.15) is 13.8 Å². The van der Waals surface area contributed by atoms with E-state index in [-0.39, 0.29) is 22.7 Å². The fraction of sp³-hybridized carbons (Fsp3) is 0.545. The van der Waals surface area contributed by atoms with Gasteiger partial charge in [-0.05, 0) is 13.8 Å². The third-order valence-corrected chi connectivity index (χ3v) is 3.42. The highest BCUT2D eigenvalue weighted by atomic mass is 32.2. The Hall–Kier alpha value is -1.70. The Labute approximate surface area is 115 Å². The molecule has 19 heavy (non-hydrogen) atoms. The van der Waals surface area contributed by atoms with Crippen LogP contribution in [0.15, 0.2) is 5.16 Å². The van der Waals surface area contributed by atoms with Crippen LogP contribution in [0.2, 0.25) is 0 Å². The number of aromatic nitrogens is 3. The summed E-state index contributed by atoms with van der Waals surface area (Å²) in [7, 11) is 4.99. The Morgan fingerprint density at radius 1 is 1.16 bits per heavy atom. The molecule has 0 unspecified atom stereocenters. The molecule has 8 heteroatoms. The molecular formula is C11H16N4O3S. The number of carbonyl (C=O) groups is 2. The number of anilines is 1. The first-order valence-corrected chi connectivity index (χ1v) is 6.38. The molecule has 0 saturated carbocycles. The standard InChI is InChI=1S/C11H16N4O3S/c1-6(16)8(7(2)17)19-11-13-9(15(3)4)12-10(14-11)18-5/h8H,1-5H3. The second kappa shape index (κ2) is 6.46. The molecule has 0 bridgehead atoms. The summed E-state index contributed by atoms with van der Waals surface area (Å²) >= 11 is 0.998. The summed E-state index contributed by atoms with van der Waals surface area (Å²) in [6.45, 7) is 2.73. The average molecular weight is 284 g/mol. The van der Waals surface area contributed by atoms with Crippen LogP contribution in [0, 0.1) is 0 Å². The van der Waals surface area contributed by atoms with Gasteiger partial charge in [0.2, 0.25) is 5.95 Å². The molecule has 1 aromatic rings. The summed E-state index contributed by atoms with van der Waals surface area (Å²) in [5.41, 5.74) is 0. The van der Waals surface area contributed by atoms with Gasteiger partial charge in [-0.1, -0.05) is 11.8 Å². The highest BCUT2D eigenvalue weighted by molar-refractivity contribution is 8.01. The normalized spacial score (nSPS) is 10.4. The van der Waals surface area contributed by atoms with Gasteiger partial charge in [0, 0.05) is 14.1 Å². The zero-order valence-electron chi connectivity index (χ0n) is 11.5. The van der Waals surface area contributed by atoms with Crippen molar-refractivity contribution in [2.45, 2.75) is 24.3 Å². The summed E-state index contributed by atoms with van der Waals surface area (Å²) < 4.78 is 4.98. The Morgan fingerprint density at radius 3 is 2.16 bits per heavy atom. The van der Waals surface area contributed by atoms with Crippen LogP contribution in [0.4, 0.5) is 5.95 Å². The van der Waals surface area contributed by atoms with Gasteiger partial charge >= 0.3 is 6.01 Å². The van der Waals surface area contributed by atoms with E-state index in [4.69, 9.17) is 4.74 Å². The van der Waals surface area contributed by atoms with Crippen LogP contribution in [0.3, 0.4) is 0 Å². The van der Waals surface area contributed by atoms with Gasteiger partial charge in [-0.2, -0.15) is 15.0 Å². The van der Waals surface area contributed by atoms with Crippen molar-refractivity contribution >= 4 is 29.3 Å². The molecule has 0 radical (unpaired) electrons. The van der Waals surface area contributed by atoms with E-state index in [1.54, 1.807) is 19.0 Å². The van der Waals surface area contributed by atoms with E-state index in [9.17, 15) is 9.59 Å². The first-order chi connectivity index (χ1) is 8.85. The molecule has 0 saturated heterocycles. The highest BCUT2D eigenvalue weighted by Gasteiger charge is 2.23. The van der Waals surface area contributed by atoms with Gasteiger partial charge in [0.05, 0.1) is 7.11 Å². The number of hydrogen-bond donors (Lipinski definition) is 0. The van der Waals surface area contributed by atoms with Gasteiger partial charge in [-0.3, -0.25) is 9.59 Å². The lowest BCUT2D eigenvalue weighted by atomic mass is 10.2. The molecule has 0 amide bonds. The van der Waals surface area contributed by atoms with Crippen molar-refractivity contribution in [3.8, 4) is 6.01 Å². The van der Waals surface area contributed by atoms with E-state index in [0.717, 1.165) is 11.8 Å².